The lowest BCUT2D eigenvalue weighted by Crippen LogP contribution is -1.97. The normalized spacial score (nSPS) is 9.29. The molecule has 0 saturated carbocycles. The number of hydrogen-bond donors (Lipinski definition) is 0. The largest absolute Gasteiger partial charge is 0.497 e. The number of ether oxygens (including phenoxy) is 3. The third kappa shape index (κ3) is 5.85. The molecule has 0 N–H and O–H groups in total. The van der Waals surface area contributed by atoms with Crippen molar-refractivity contribution >= 4 is 0 Å². The zero-order chi connectivity index (χ0) is 17.8. The summed E-state index contributed by atoms with van der Waals surface area (Å²) in [6.07, 6.45) is 3.02. The molecule has 0 aliphatic carbocycles. The molecule has 0 saturated heterocycles. The summed E-state index contributed by atoms with van der Waals surface area (Å²) in [6.45, 7) is 1.43. The van der Waals surface area contributed by atoms with Gasteiger partial charge in [0.2, 0.25) is 0 Å². The number of hydrogen-bond acceptors (Lipinski definition) is 4. The number of aryl methyl sites for hydroxylation is 2. The van der Waals surface area contributed by atoms with Gasteiger partial charge in [0.05, 0.1) is 27.4 Å². The molecule has 0 aromatic heterocycles. The van der Waals surface area contributed by atoms with E-state index in [0.717, 1.165) is 36.5 Å². The summed E-state index contributed by atoms with van der Waals surface area (Å²) >= 11 is 0. The van der Waals surface area contributed by atoms with Gasteiger partial charge in [-0.1, -0.05) is 24.3 Å². The molecule has 0 bridgehead atoms. The van der Waals surface area contributed by atoms with Crippen molar-refractivity contribution in [3.63, 3.8) is 0 Å². The van der Waals surface area contributed by atoms with E-state index in [2.05, 4.69) is 18.2 Å². The van der Waals surface area contributed by atoms with Crippen LogP contribution < -0.4 is 14.2 Å². The van der Waals surface area contributed by atoms with Crippen molar-refractivity contribution in [3.8, 4) is 23.3 Å². The molecule has 128 valence electrons. The molecule has 0 unspecified atom stereocenters. The topological polar surface area (TPSA) is 51.5 Å². The molecule has 0 spiro atoms. The van der Waals surface area contributed by atoms with Crippen LogP contribution in [0.3, 0.4) is 0 Å². The molecule has 0 radical (unpaired) electrons. The Labute approximate surface area is 144 Å². The molecular weight excluding hydrogens is 302 g/mol. The summed E-state index contributed by atoms with van der Waals surface area (Å²) in [5.74, 6) is 2.54. The average Bonchev–Trinajstić information content (AvgIpc) is 2.62. The molecule has 0 aliphatic heterocycles. The first-order valence-electron chi connectivity index (χ1n) is 7.83. The second kappa shape index (κ2) is 11.0. The molecule has 0 fully saturated rings. The summed E-state index contributed by atoms with van der Waals surface area (Å²) in [4.78, 5) is 0. The molecule has 0 heterocycles. The van der Waals surface area contributed by atoms with Crippen molar-refractivity contribution < 1.29 is 14.2 Å². The highest BCUT2D eigenvalue weighted by atomic mass is 16.5. The van der Waals surface area contributed by atoms with E-state index in [1.165, 1.54) is 18.1 Å². The summed E-state index contributed by atoms with van der Waals surface area (Å²) in [5, 5.41) is 7.32. The minimum atomic E-state index is 0.788. The zero-order valence-electron chi connectivity index (χ0n) is 14.8. The number of rotatable bonds is 7. The van der Waals surface area contributed by atoms with Gasteiger partial charge in [0.1, 0.15) is 5.75 Å². The van der Waals surface area contributed by atoms with Crippen LogP contribution in [0, 0.1) is 11.3 Å². The van der Waals surface area contributed by atoms with E-state index in [4.69, 9.17) is 19.5 Å². The zero-order valence-corrected chi connectivity index (χ0v) is 14.8. The fraction of sp³-hybridized carbons (Fsp3) is 0.350. The van der Waals surface area contributed by atoms with Crippen molar-refractivity contribution in [3.05, 3.63) is 53.6 Å². The van der Waals surface area contributed by atoms with Crippen molar-refractivity contribution in [2.75, 3.05) is 21.3 Å². The molecule has 0 aliphatic rings. The van der Waals surface area contributed by atoms with E-state index < -0.39 is 0 Å². The second-order valence-electron chi connectivity index (χ2n) is 5.08. The minimum absolute atomic E-state index is 0.788. The van der Waals surface area contributed by atoms with Crippen LogP contribution in [0.15, 0.2) is 42.5 Å². The van der Waals surface area contributed by atoms with Crippen LogP contribution in [0.5, 0.6) is 17.2 Å². The lowest BCUT2D eigenvalue weighted by molar-refractivity contribution is 0.351. The highest BCUT2D eigenvalue weighted by Gasteiger charge is 2.09. The summed E-state index contributed by atoms with van der Waals surface area (Å²) in [7, 11) is 5.04. The maximum absolute atomic E-state index is 7.32. The minimum Gasteiger partial charge on any atom is -0.497 e. The Morgan fingerprint density at radius 2 is 1.62 bits per heavy atom. The lowest BCUT2D eigenvalue weighted by Gasteiger charge is -2.12. The quantitative estimate of drug-likeness (QED) is 0.755. The van der Waals surface area contributed by atoms with Gasteiger partial charge in [0, 0.05) is 6.92 Å². The van der Waals surface area contributed by atoms with Gasteiger partial charge in [-0.3, -0.25) is 0 Å². The molecule has 0 amide bonds. The van der Waals surface area contributed by atoms with E-state index in [1.807, 2.05) is 24.3 Å². The average molecular weight is 327 g/mol. The van der Waals surface area contributed by atoms with Crippen molar-refractivity contribution in [2.45, 2.75) is 26.2 Å². The summed E-state index contributed by atoms with van der Waals surface area (Å²) in [6, 6.07) is 16.0. The first-order chi connectivity index (χ1) is 11.7. The fourth-order valence-corrected chi connectivity index (χ4v) is 2.46. The molecular formula is C20H25NO3. The molecule has 4 heteroatoms. The number of benzene rings is 2. The van der Waals surface area contributed by atoms with Crippen molar-refractivity contribution in [1.29, 1.82) is 5.26 Å². The van der Waals surface area contributed by atoms with E-state index in [-0.39, 0.29) is 0 Å². The highest BCUT2D eigenvalue weighted by molar-refractivity contribution is 5.46. The van der Waals surface area contributed by atoms with Gasteiger partial charge in [-0.05, 0) is 48.6 Å². The number of nitrogens with zero attached hydrogens (tertiary/aromatic N) is 1. The van der Waals surface area contributed by atoms with Crippen LogP contribution >= 0.6 is 0 Å². The molecule has 2 aromatic rings. The Hall–Kier alpha value is -2.67. The maximum atomic E-state index is 7.32. The van der Waals surface area contributed by atoms with Crippen LogP contribution in [0.25, 0.3) is 0 Å². The van der Waals surface area contributed by atoms with Gasteiger partial charge < -0.3 is 14.2 Å². The molecule has 0 atom stereocenters. The number of nitriles is 1. The Bertz CT molecular complexity index is 662. The predicted molar refractivity (Wildman–Crippen MR) is 95.9 cm³/mol. The van der Waals surface area contributed by atoms with Gasteiger partial charge in [0.15, 0.2) is 11.5 Å². The highest BCUT2D eigenvalue weighted by Crippen LogP contribution is 2.31. The maximum Gasteiger partial charge on any atom is 0.163 e. The monoisotopic (exact) mass is 327 g/mol. The third-order valence-electron chi connectivity index (χ3n) is 3.53. The van der Waals surface area contributed by atoms with Crippen molar-refractivity contribution in [2.24, 2.45) is 0 Å². The standard InChI is InChI=1S/C18H22O3.C2H3N/c1-19-16-11-5-8-14(13-16)7-4-9-15-10-6-12-17(20-2)18(15)21-3;1-2-3/h5-6,8,10-13H,4,7,9H2,1-3H3;1H3. The lowest BCUT2D eigenvalue weighted by atomic mass is 10.0. The number of para-hydroxylation sites is 1. The fourth-order valence-electron chi connectivity index (χ4n) is 2.46. The van der Waals surface area contributed by atoms with Crippen LogP contribution in [0.2, 0.25) is 0 Å². The first kappa shape index (κ1) is 19.4. The molecule has 2 aromatic carbocycles. The first-order valence-corrected chi connectivity index (χ1v) is 7.83. The van der Waals surface area contributed by atoms with Crippen LogP contribution in [-0.4, -0.2) is 21.3 Å². The van der Waals surface area contributed by atoms with Crippen molar-refractivity contribution in [1.82, 2.24) is 0 Å². The Morgan fingerprint density at radius 1 is 0.917 bits per heavy atom. The van der Waals surface area contributed by atoms with Gasteiger partial charge in [-0.25, -0.2) is 0 Å². The van der Waals surface area contributed by atoms with Crippen LogP contribution in [0.4, 0.5) is 0 Å². The van der Waals surface area contributed by atoms with Gasteiger partial charge in [-0.2, -0.15) is 5.26 Å². The SMILES string of the molecule is CC#N.COc1cccc(CCCc2cccc(OC)c2OC)c1. The summed E-state index contributed by atoms with van der Waals surface area (Å²) < 4.78 is 16.0. The third-order valence-corrected chi connectivity index (χ3v) is 3.53. The summed E-state index contributed by atoms with van der Waals surface area (Å²) in [5.41, 5.74) is 2.47. The Balaban J connectivity index is 0.000000891. The van der Waals surface area contributed by atoms with Crippen LogP contribution in [-0.2, 0) is 12.8 Å². The van der Waals surface area contributed by atoms with Gasteiger partial charge in [-0.15, -0.1) is 0 Å². The molecule has 4 nitrogen and oxygen atoms in total. The molecule has 24 heavy (non-hydrogen) atoms. The number of methoxy groups -OCH3 is 3. The van der Waals surface area contributed by atoms with E-state index in [0.29, 0.717) is 0 Å². The van der Waals surface area contributed by atoms with E-state index in [9.17, 15) is 0 Å². The van der Waals surface area contributed by atoms with E-state index >= 15 is 0 Å². The molecule has 2 rings (SSSR count). The van der Waals surface area contributed by atoms with Gasteiger partial charge >= 0.3 is 0 Å². The predicted octanol–water partition coefficient (Wildman–Crippen LogP) is 4.42. The second-order valence-corrected chi connectivity index (χ2v) is 5.08. The van der Waals surface area contributed by atoms with E-state index in [1.54, 1.807) is 27.4 Å². The van der Waals surface area contributed by atoms with Gasteiger partial charge in [0.25, 0.3) is 0 Å². The Morgan fingerprint density at radius 3 is 2.25 bits per heavy atom. The Kier molecular flexibility index (Phi) is 8.85. The smallest absolute Gasteiger partial charge is 0.163 e. The van der Waals surface area contributed by atoms with Crippen LogP contribution in [0.1, 0.15) is 24.5 Å².